The Kier molecular flexibility index (Phi) is 3.93. The summed E-state index contributed by atoms with van der Waals surface area (Å²) in [5.74, 6) is -1.29. The van der Waals surface area contributed by atoms with E-state index in [1.54, 1.807) is 24.3 Å². The molecule has 0 aliphatic carbocycles. The van der Waals surface area contributed by atoms with Gasteiger partial charge in [-0.25, -0.2) is 9.97 Å². The van der Waals surface area contributed by atoms with Crippen LogP contribution in [0.1, 0.15) is 11.4 Å². The highest BCUT2D eigenvalue weighted by Gasteiger charge is 2.35. The van der Waals surface area contributed by atoms with Crippen molar-refractivity contribution in [2.45, 2.75) is 6.18 Å². The number of anilines is 3. The summed E-state index contributed by atoms with van der Waals surface area (Å²) < 4.78 is 38.2. The Morgan fingerprint density at radius 2 is 1.81 bits per heavy atom. The van der Waals surface area contributed by atoms with E-state index in [4.69, 9.17) is 5.26 Å². The van der Waals surface area contributed by atoms with Gasteiger partial charge in [0.2, 0.25) is 5.82 Å². The number of nitriles is 1. The molecule has 0 radical (unpaired) electrons. The molecule has 0 aliphatic heterocycles. The second-order valence-corrected chi connectivity index (χ2v) is 3.99. The first kappa shape index (κ1) is 14.6. The van der Waals surface area contributed by atoms with Gasteiger partial charge < -0.3 is 10.6 Å². The minimum Gasteiger partial charge on any atom is -0.373 e. The lowest BCUT2D eigenvalue weighted by Crippen LogP contribution is -2.13. The fourth-order valence-electron chi connectivity index (χ4n) is 1.59. The van der Waals surface area contributed by atoms with Crippen LogP contribution >= 0.6 is 0 Å². The van der Waals surface area contributed by atoms with Crippen LogP contribution in [0, 0.1) is 11.3 Å². The molecule has 2 aromatic rings. The van der Waals surface area contributed by atoms with Crippen LogP contribution in [0.4, 0.5) is 30.5 Å². The minimum atomic E-state index is -4.65. The monoisotopic (exact) mass is 293 g/mol. The Morgan fingerprint density at radius 1 is 1.14 bits per heavy atom. The Bertz CT molecular complexity index is 691. The van der Waals surface area contributed by atoms with Gasteiger partial charge in [0.15, 0.2) is 0 Å². The van der Waals surface area contributed by atoms with E-state index >= 15 is 0 Å². The molecule has 5 nitrogen and oxygen atoms in total. The van der Waals surface area contributed by atoms with Gasteiger partial charge in [-0.1, -0.05) is 12.1 Å². The Labute approximate surface area is 118 Å². The molecular weight excluding hydrogens is 283 g/mol. The van der Waals surface area contributed by atoms with Crippen molar-refractivity contribution < 1.29 is 13.2 Å². The number of alkyl halides is 3. The fourth-order valence-corrected chi connectivity index (χ4v) is 1.59. The first-order chi connectivity index (χ1) is 9.94. The first-order valence-electron chi connectivity index (χ1n) is 5.84. The van der Waals surface area contributed by atoms with Gasteiger partial charge in [0, 0.05) is 13.1 Å². The highest BCUT2D eigenvalue weighted by atomic mass is 19.4. The lowest BCUT2D eigenvalue weighted by molar-refractivity contribution is -0.144. The summed E-state index contributed by atoms with van der Waals surface area (Å²) in [4.78, 5) is 6.78. The maximum absolute atomic E-state index is 12.7. The molecule has 0 fully saturated rings. The smallest absolute Gasteiger partial charge is 0.373 e. The molecular formula is C13H10F3N5. The van der Waals surface area contributed by atoms with Crippen molar-refractivity contribution in [2.24, 2.45) is 0 Å². The molecule has 8 heteroatoms. The summed E-state index contributed by atoms with van der Waals surface area (Å²) in [6, 6.07) is 9.71. The summed E-state index contributed by atoms with van der Waals surface area (Å²) in [7, 11) is 1.45. The molecule has 0 aliphatic rings. The Morgan fingerprint density at radius 3 is 2.43 bits per heavy atom. The zero-order valence-electron chi connectivity index (χ0n) is 10.9. The molecule has 2 rings (SSSR count). The number of halogens is 3. The third-order valence-corrected chi connectivity index (χ3v) is 2.55. The molecule has 0 unspecified atom stereocenters. The van der Waals surface area contributed by atoms with Gasteiger partial charge in [0.05, 0.1) is 11.3 Å². The van der Waals surface area contributed by atoms with Crippen molar-refractivity contribution in [3.63, 3.8) is 0 Å². The second-order valence-electron chi connectivity index (χ2n) is 3.99. The molecule has 0 saturated heterocycles. The lowest BCUT2D eigenvalue weighted by Gasteiger charge is -2.12. The molecule has 2 N–H and O–H groups in total. The highest BCUT2D eigenvalue weighted by molar-refractivity contribution is 5.65. The molecule has 1 aromatic carbocycles. The van der Waals surface area contributed by atoms with Crippen molar-refractivity contribution in [3.8, 4) is 6.07 Å². The van der Waals surface area contributed by atoms with Crippen molar-refractivity contribution >= 4 is 17.3 Å². The molecule has 0 bridgehead atoms. The van der Waals surface area contributed by atoms with Crippen LogP contribution in [0.3, 0.4) is 0 Å². The highest BCUT2D eigenvalue weighted by Crippen LogP contribution is 2.29. The van der Waals surface area contributed by atoms with Crippen molar-refractivity contribution in [1.29, 1.82) is 5.26 Å². The number of hydrogen-bond donors (Lipinski definition) is 2. The van der Waals surface area contributed by atoms with Crippen molar-refractivity contribution in [2.75, 3.05) is 17.7 Å². The van der Waals surface area contributed by atoms with Gasteiger partial charge in [0.25, 0.3) is 0 Å². The van der Waals surface area contributed by atoms with Crippen LogP contribution in [0.25, 0.3) is 0 Å². The van der Waals surface area contributed by atoms with Crippen LogP contribution in [0.2, 0.25) is 0 Å². The maximum atomic E-state index is 12.7. The molecule has 0 spiro atoms. The Balaban J connectivity index is 2.42. The van der Waals surface area contributed by atoms with E-state index in [0.29, 0.717) is 11.3 Å². The quantitative estimate of drug-likeness (QED) is 0.909. The standard InChI is InChI=1S/C13H10F3N5/c1-18-10-6-11(21-12(20-10)13(14,15)16)19-9-5-3-2-4-8(9)7-17/h2-6H,1H3,(H2,18,19,20,21). The van der Waals surface area contributed by atoms with Crippen LogP contribution in [-0.4, -0.2) is 17.0 Å². The van der Waals surface area contributed by atoms with Crippen LogP contribution in [0.15, 0.2) is 30.3 Å². The third kappa shape index (κ3) is 3.39. The molecule has 108 valence electrons. The molecule has 0 saturated carbocycles. The fraction of sp³-hybridized carbons (Fsp3) is 0.154. The zero-order chi connectivity index (χ0) is 15.5. The van der Waals surface area contributed by atoms with Gasteiger partial charge in [-0.15, -0.1) is 0 Å². The summed E-state index contributed by atoms with van der Waals surface area (Å²) in [6.45, 7) is 0. The normalized spacial score (nSPS) is 10.8. The van der Waals surface area contributed by atoms with Crippen LogP contribution < -0.4 is 10.6 Å². The summed E-state index contributed by atoms with van der Waals surface area (Å²) in [6.07, 6.45) is -4.65. The maximum Gasteiger partial charge on any atom is 0.451 e. The number of para-hydroxylation sites is 1. The number of nitrogens with zero attached hydrogens (tertiary/aromatic N) is 3. The predicted octanol–water partition coefficient (Wildman–Crippen LogP) is 3.15. The number of hydrogen-bond acceptors (Lipinski definition) is 5. The summed E-state index contributed by atoms with van der Waals surface area (Å²) >= 11 is 0. The van der Waals surface area contributed by atoms with E-state index in [1.165, 1.54) is 13.1 Å². The number of nitrogens with one attached hydrogen (secondary N) is 2. The second kappa shape index (κ2) is 5.66. The molecule has 1 heterocycles. The predicted molar refractivity (Wildman–Crippen MR) is 71.0 cm³/mol. The first-order valence-corrected chi connectivity index (χ1v) is 5.84. The molecule has 0 amide bonds. The van der Waals surface area contributed by atoms with Gasteiger partial charge >= 0.3 is 6.18 Å². The zero-order valence-corrected chi connectivity index (χ0v) is 10.9. The van der Waals surface area contributed by atoms with E-state index in [0.717, 1.165) is 0 Å². The average Bonchev–Trinajstić information content (AvgIpc) is 2.46. The van der Waals surface area contributed by atoms with Crippen LogP contribution in [0.5, 0.6) is 0 Å². The minimum absolute atomic E-state index is 0.0225. The number of aromatic nitrogens is 2. The number of rotatable bonds is 3. The Hall–Kier alpha value is -2.82. The summed E-state index contributed by atoms with van der Waals surface area (Å²) in [5, 5.41) is 14.2. The van der Waals surface area contributed by atoms with E-state index in [-0.39, 0.29) is 11.6 Å². The molecule has 1 aromatic heterocycles. The van der Waals surface area contributed by atoms with Crippen LogP contribution in [-0.2, 0) is 6.18 Å². The third-order valence-electron chi connectivity index (χ3n) is 2.55. The lowest BCUT2D eigenvalue weighted by atomic mass is 10.2. The van der Waals surface area contributed by atoms with E-state index in [2.05, 4.69) is 20.6 Å². The van der Waals surface area contributed by atoms with Crippen molar-refractivity contribution in [1.82, 2.24) is 9.97 Å². The van der Waals surface area contributed by atoms with E-state index in [1.807, 2.05) is 6.07 Å². The van der Waals surface area contributed by atoms with Gasteiger partial charge in [-0.2, -0.15) is 18.4 Å². The largest absolute Gasteiger partial charge is 0.451 e. The number of benzene rings is 1. The summed E-state index contributed by atoms with van der Waals surface area (Å²) in [5.41, 5.74) is 0.671. The van der Waals surface area contributed by atoms with Gasteiger partial charge in [-0.05, 0) is 12.1 Å². The van der Waals surface area contributed by atoms with Gasteiger partial charge in [0.1, 0.15) is 17.7 Å². The molecule has 0 atom stereocenters. The van der Waals surface area contributed by atoms with Crippen molar-refractivity contribution in [3.05, 3.63) is 41.7 Å². The average molecular weight is 293 g/mol. The van der Waals surface area contributed by atoms with E-state index < -0.39 is 12.0 Å². The SMILES string of the molecule is CNc1cc(Nc2ccccc2C#N)nc(C(F)(F)F)n1. The van der Waals surface area contributed by atoms with Gasteiger partial charge in [-0.3, -0.25) is 0 Å². The van der Waals surface area contributed by atoms with E-state index in [9.17, 15) is 13.2 Å². The topological polar surface area (TPSA) is 73.6 Å². The molecule has 21 heavy (non-hydrogen) atoms.